The highest BCUT2D eigenvalue weighted by Gasteiger charge is 2.29. The zero-order valence-corrected chi connectivity index (χ0v) is 30.8. The molecule has 18 heteroatoms. The van der Waals surface area contributed by atoms with E-state index in [-0.39, 0.29) is 73.9 Å². The zero-order valence-electron chi connectivity index (χ0n) is 30.8. The fourth-order valence-electron chi connectivity index (χ4n) is 5.48. The van der Waals surface area contributed by atoms with Crippen molar-refractivity contribution in [1.82, 2.24) is 19.1 Å². The first-order chi connectivity index (χ1) is 26.5. The van der Waals surface area contributed by atoms with Gasteiger partial charge in [0.25, 0.3) is 0 Å². The van der Waals surface area contributed by atoms with Crippen molar-refractivity contribution in [3.8, 4) is 11.5 Å². The number of hydrogen-bond donors (Lipinski definition) is 5. The molecule has 298 valence electrons. The molecule has 6 rings (SSSR count). The van der Waals surface area contributed by atoms with Crippen molar-refractivity contribution < 1.29 is 53.0 Å². The number of Topliss-reactive ketones (excluding diaryl/α,β-unsaturated/α-hetero) is 1. The minimum atomic E-state index is -1.23. The van der Waals surface area contributed by atoms with Crippen molar-refractivity contribution in [3.05, 3.63) is 127 Å². The van der Waals surface area contributed by atoms with E-state index in [1.807, 2.05) is 0 Å². The summed E-state index contributed by atoms with van der Waals surface area (Å²) in [6, 6.07) is 9.42. The van der Waals surface area contributed by atoms with Crippen molar-refractivity contribution >= 4 is 23.1 Å². The number of aliphatic hydroxyl groups is 2. The molecule has 4 aromatic rings. The van der Waals surface area contributed by atoms with Crippen molar-refractivity contribution in [1.29, 1.82) is 0 Å². The van der Waals surface area contributed by atoms with E-state index in [4.69, 9.17) is 15.2 Å². The zero-order chi connectivity index (χ0) is 41.4. The molecule has 2 aromatic heterocycles. The molecule has 2 aliphatic heterocycles. The Hall–Kier alpha value is -5.92. The van der Waals surface area contributed by atoms with Crippen molar-refractivity contribution in [2.24, 2.45) is 5.73 Å². The predicted molar refractivity (Wildman–Crippen MR) is 197 cm³/mol. The number of halogens is 2. The number of hydrogen-bond acceptors (Lipinski definition) is 14. The molecule has 2 aromatic carbocycles. The van der Waals surface area contributed by atoms with Crippen molar-refractivity contribution in [3.63, 3.8) is 0 Å². The number of rotatable bonds is 6. The third-order valence-electron chi connectivity index (χ3n) is 8.45. The first kappa shape index (κ1) is 42.8. The number of carbonyl (C=O) groups is 2. The molecule has 0 amide bonds. The van der Waals surface area contributed by atoms with E-state index < -0.39 is 58.0 Å². The average Bonchev–Trinajstić information content (AvgIpc) is 3.41. The van der Waals surface area contributed by atoms with Crippen LogP contribution in [0.5, 0.6) is 11.5 Å². The van der Waals surface area contributed by atoms with Gasteiger partial charge in [0.1, 0.15) is 35.5 Å². The monoisotopic (exact) mass is 781 g/mol. The van der Waals surface area contributed by atoms with E-state index in [2.05, 4.69) is 27.9 Å². The highest BCUT2D eigenvalue weighted by molar-refractivity contribution is 5.96. The van der Waals surface area contributed by atoms with Crippen LogP contribution < -0.4 is 16.9 Å². The number of fused-ring (bicyclic) bond motifs is 2. The minimum absolute atomic E-state index is 0.00264. The van der Waals surface area contributed by atoms with Gasteiger partial charge in [-0.05, 0) is 54.7 Å². The average molecular weight is 782 g/mol. The fraction of sp³-hybridized carbons (Fsp3) is 0.316. The summed E-state index contributed by atoms with van der Waals surface area (Å²) in [5.74, 6) is -3.90. The Balaban J connectivity index is 0.000000207. The van der Waals surface area contributed by atoms with Gasteiger partial charge in [0.05, 0.1) is 33.5 Å². The molecular weight excluding hydrogens is 740 g/mol. The van der Waals surface area contributed by atoms with Gasteiger partial charge < -0.3 is 40.4 Å². The van der Waals surface area contributed by atoms with E-state index in [1.54, 1.807) is 38.1 Å². The van der Waals surface area contributed by atoms with Crippen LogP contribution in [-0.4, -0.2) is 84.8 Å². The summed E-state index contributed by atoms with van der Waals surface area (Å²) in [6.45, 7) is 10.9. The van der Waals surface area contributed by atoms with Gasteiger partial charge >= 0.3 is 17.1 Å². The summed E-state index contributed by atoms with van der Waals surface area (Å²) >= 11 is 0. The largest absolute Gasteiger partial charge is 0.501 e. The molecule has 0 spiro atoms. The molecule has 0 fully saturated rings. The van der Waals surface area contributed by atoms with E-state index in [0.29, 0.717) is 17.7 Å². The summed E-state index contributed by atoms with van der Waals surface area (Å²) in [7, 11) is 1.09. The third-order valence-corrected chi connectivity index (χ3v) is 8.45. The maximum absolute atomic E-state index is 13.3. The molecule has 56 heavy (non-hydrogen) atoms. The number of carbonyl (C=O) groups excluding carboxylic acids is 2. The summed E-state index contributed by atoms with van der Waals surface area (Å²) in [5, 5.41) is 39.8. The standard InChI is InChI=1S/C19H19FN2O5.C11H12N2O6.C8H10FN/c1-10-7-12(3-5-13(10)20)4-6-14(23)16-17(25)19(26)22-11(2)8-27-9-15(24)18(22)21-16;1-5-3-19-4-6(14)9-12-7(11(17)18-2)8(15)10(16)13(5)9;1-6-4-7(5-10)2-3-8(6)9/h3,5,7,15,24-25H,2,4,6,8-9H2,1H3;6,14-15H,1,3-4H2,2H3;2-4H,5,10H2,1H3. The first-order valence-corrected chi connectivity index (χ1v) is 16.9. The predicted octanol–water partition coefficient (Wildman–Crippen LogP) is 2.61. The Morgan fingerprint density at radius 3 is 1.75 bits per heavy atom. The molecule has 2 unspecified atom stereocenters. The van der Waals surface area contributed by atoms with E-state index in [9.17, 15) is 48.4 Å². The van der Waals surface area contributed by atoms with E-state index >= 15 is 0 Å². The molecule has 0 bridgehead atoms. The normalized spacial score (nSPS) is 16.1. The molecule has 6 N–H and O–H groups in total. The summed E-state index contributed by atoms with van der Waals surface area (Å²) in [5.41, 5.74) is 5.86. The Labute approximate surface area is 318 Å². The summed E-state index contributed by atoms with van der Waals surface area (Å²) in [4.78, 5) is 56.2. The number of aromatic hydroxyl groups is 2. The lowest BCUT2D eigenvalue weighted by Gasteiger charge is -2.14. The number of nitrogens with two attached hydrogens (primary N) is 1. The molecule has 0 aliphatic carbocycles. The minimum Gasteiger partial charge on any atom is -0.501 e. The highest BCUT2D eigenvalue weighted by Crippen LogP contribution is 2.24. The Kier molecular flexibility index (Phi) is 14.2. The highest BCUT2D eigenvalue weighted by atomic mass is 19.1. The van der Waals surface area contributed by atoms with Gasteiger partial charge in [0, 0.05) is 24.4 Å². The van der Waals surface area contributed by atoms with Crippen molar-refractivity contribution in [2.75, 3.05) is 33.5 Å². The van der Waals surface area contributed by atoms with Gasteiger partial charge in [-0.2, -0.15) is 0 Å². The number of aliphatic hydroxyl groups excluding tert-OH is 2. The van der Waals surface area contributed by atoms with Gasteiger partial charge in [0.15, 0.2) is 17.2 Å². The molecular formula is C38H41F2N5O11. The first-order valence-electron chi connectivity index (χ1n) is 16.9. The number of ether oxygens (including phenoxy) is 3. The number of methoxy groups -OCH3 is 1. The molecule has 0 radical (unpaired) electrons. The smallest absolute Gasteiger partial charge is 0.360 e. The molecule has 0 saturated carbocycles. The van der Waals surface area contributed by atoms with Gasteiger partial charge in [-0.15, -0.1) is 0 Å². The molecule has 2 atom stereocenters. The third kappa shape index (κ3) is 9.65. The maximum Gasteiger partial charge on any atom is 0.360 e. The molecule has 2 aliphatic rings. The molecule has 4 heterocycles. The van der Waals surface area contributed by atoms with Crippen LogP contribution >= 0.6 is 0 Å². The Morgan fingerprint density at radius 1 is 0.839 bits per heavy atom. The van der Waals surface area contributed by atoms with Gasteiger partial charge in [-0.1, -0.05) is 37.4 Å². The quantitative estimate of drug-likeness (QED) is 0.140. The van der Waals surface area contributed by atoms with Crippen LogP contribution in [0.15, 0.2) is 59.1 Å². The SMILES string of the molecule is C=C1COCC(O)c2nc(C(=O)CCc3ccc(F)c(C)c3)c(O)c(=O)n21.C=C1COCC(O)c2nc(C(=O)OC)c(O)c(=O)n21.Cc1cc(CN)ccc1F. The van der Waals surface area contributed by atoms with Gasteiger partial charge in [-0.25, -0.2) is 23.5 Å². The Bertz CT molecular complexity index is 2290. The maximum atomic E-state index is 13.3. The lowest BCUT2D eigenvalue weighted by Crippen LogP contribution is -2.28. The second kappa shape index (κ2) is 18.6. The summed E-state index contributed by atoms with van der Waals surface area (Å²) < 4.78 is 42.5. The van der Waals surface area contributed by atoms with Crippen LogP contribution in [0.3, 0.4) is 0 Å². The number of esters is 1. The Morgan fingerprint density at radius 2 is 1.29 bits per heavy atom. The van der Waals surface area contributed by atoms with Crippen LogP contribution in [-0.2, 0) is 27.2 Å². The number of ketones is 1. The van der Waals surface area contributed by atoms with Crippen LogP contribution in [0, 0.1) is 25.5 Å². The number of aryl methyl sites for hydroxylation is 3. The van der Waals surface area contributed by atoms with Gasteiger partial charge in [0.2, 0.25) is 11.5 Å². The number of nitrogens with zero attached hydrogens (tertiary/aromatic N) is 4. The van der Waals surface area contributed by atoms with E-state index in [1.165, 1.54) is 12.1 Å². The molecule has 16 nitrogen and oxygen atoms in total. The van der Waals surface area contributed by atoms with Crippen LogP contribution in [0.4, 0.5) is 8.78 Å². The molecule has 0 saturated heterocycles. The van der Waals surface area contributed by atoms with Crippen LogP contribution in [0.2, 0.25) is 0 Å². The van der Waals surface area contributed by atoms with Crippen LogP contribution in [0.25, 0.3) is 11.4 Å². The fourth-order valence-corrected chi connectivity index (χ4v) is 5.48. The second-order valence-corrected chi connectivity index (χ2v) is 12.6. The number of aromatic nitrogens is 4. The van der Waals surface area contributed by atoms with Crippen LogP contribution in [0.1, 0.15) is 73.5 Å². The number of benzene rings is 2. The lowest BCUT2D eigenvalue weighted by atomic mass is 10.0. The van der Waals surface area contributed by atoms with Gasteiger partial charge in [-0.3, -0.25) is 23.5 Å². The van der Waals surface area contributed by atoms with E-state index in [0.717, 1.165) is 27.4 Å². The second-order valence-electron chi connectivity index (χ2n) is 12.6. The van der Waals surface area contributed by atoms with Crippen molar-refractivity contribution in [2.45, 2.75) is 45.4 Å². The lowest BCUT2D eigenvalue weighted by molar-refractivity contribution is 0.0506. The summed E-state index contributed by atoms with van der Waals surface area (Å²) in [6.07, 6.45) is -2.19. The topological polar surface area (TPSA) is 239 Å².